The van der Waals surface area contributed by atoms with Gasteiger partial charge in [0.05, 0.1) is 13.5 Å². The zero-order chi connectivity index (χ0) is 11.5. The zero-order valence-corrected chi connectivity index (χ0v) is 9.96. The molecule has 1 aromatic carbocycles. The van der Waals surface area contributed by atoms with Gasteiger partial charge in [-0.15, -0.1) is 0 Å². The van der Waals surface area contributed by atoms with Gasteiger partial charge in [-0.25, -0.2) is 0 Å². The van der Waals surface area contributed by atoms with Crippen molar-refractivity contribution in [2.24, 2.45) is 0 Å². The number of carbonyl (C=O) groups is 1. The number of benzene rings is 1. The van der Waals surface area contributed by atoms with E-state index in [1.54, 1.807) is 0 Å². The zero-order valence-electron chi connectivity index (χ0n) is 9.20. The molecule has 0 radical (unpaired) electrons. The van der Waals surface area contributed by atoms with Crippen LogP contribution in [-0.2, 0) is 16.0 Å². The average Bonchev–Trinajstić information content (AvgIpc) is 2.68. The fourth-order valence-corrected chi connectivity index (χ4v) is 2.19. The van der Waals surface area contributed by atoms with Gasteiger partial charge in [0, 0.05) is 23.8 Å². The van der Waals surface area contributed by atoms with Crippen molar-refractivity contribution >= 4 is 23.3 Å². The third kappa shape index (κ3) is 2.30. The van der Waals surface area contributed by atoms with Gasteiger partial charge in [0.15, 0.2) is 0 Å². The highest BCUT2D eigenvalue weighted by Gasteiger charge is 2.19. The molecule has 16 heavy (non-hydrogen) atoms. The maximum atomic E-state index is 11.1. The van der Waals surface area contributed by atoms with Crippen molar-refractivity contribution in [3.63, 3.8) is 0 Å². The van der Waals surface area contributed by atoms with Gasteiger partial charge >= 0.3 is 5.97 Å². The molecule has 2 rings (SSSR count). The summed E-state index contributed by atoms with van der Waals surface area (Å²) < 4.78 is 4.63. The second-order valence-electron chi connectivity index (χ2n) is 3.84. The van der Waals surface area contributed by atoms with Gasteiger partial charge in [0.1, 0.15) is 0 Å². The number of methoxy groups -OCH3 is 1. The molecule has 0 amide bonds. The summed E-state index contributed by atoms with van der Waals surface area (Å²) in [4.78, 5) is 13.3. The predicted molar refractivity (Wildman–Crippen MR) is 64.0 cm³/mol. The summed E-state index contributed by atoms with van der Waals surface area (Å²) in [5.41, 5.74) is 2.45. The molecule has 1 aromatic rings. The maximum Gasteiger partial charge on any atom is 0.307 e. The summed E-state index contributed by atoms with van der Waals surface area (Å²) in [5.74, 6) is -0.164. The Balaban J connectivity index is 2.03. The molecule has 0 aromatic heterocycles. The van der Waals surface area contributed by atoms with Gasteiger partial charge < -0.3 is 9.64 Å². The Hall–Kier alpha value is -1.22. The highest BCUT2D eigenvalue weighted by molar-refractivity contribution is 6.30. The minimum Gasteiger partial charge on any atom is -0.469 e. The molecule has 0 N–H and O–H groups in total. The van der Waals surface area contributed by atoms with Crippen LogP contribution in [-0.4, -0.2) is 26.2 Å². The van der Waals surface area contributed by atoms with E-state index < -0.39 is 0 Å². The lowest BCUT2D eigenvalue weighted by Gasteiger charge is -2.18. The predicted octanol–water partition coefficient (Wildman–Crippen LogP) is 2.27. The van der Waals surface area contributed by atoms with Crippen LogP contribution in [0.4, 0.5) is 5.69 Å². The number of hydrogen-bond donors (Lipinski definition) is 0. The van der Waals surface area contributed by atoms with Crippen LogP contribution < -0.4 is 4.90 Å². The van der Waals surface area contributed by atoms with Crippen LogP contribution in [0.2, 0.25) is 5.02 Å². The van der Waals surface area contributed by atoms with Crippen molar-refractivity contribution in [3.05, 3.63) is 28.8 Å². The Kier molecular flexibility index (Phi) is 3.34. The van der Waals surface area contributed by atoms with Gasteiger partial charge in [-0.1, -0.05) is 11.6 Å². The summed E-state index contributed by atoms with van der Waals surface area (Å²) in [6.07, 6.45) is 1.43. The number of rotatable bonds is 3. The van der Waals surface area contributed by atoms with Crippen LogP contribution in [0.25, 0.3) is 0 Å². The second kappa shape index (κ2) is 4.74. The Bertz CT molecular complexity index is 406. The summed E-state index contributed by atoms with van der Waals surface area (Å²) in [5, 5.41) is 0.772. The number of halogens is 1. The molecule has 1 aliphatic heterocycles. The standard InChI is InChI=1S/C12H14ClNO2/c1-16-12(15)5-7-14-6-4-9-8-10(13)2-3-11(9)14/h2-3,8H,4-7H2,1H3. The molecule has 0 bridgehead atoms. The SMILES string of the molecule is COC(=O)CCN1CCc2cc(Cl)ccc21. The van der Waals surface area contributed by atoms with Crippen molar-refractivity contribution in [1.29, 1.82) is 0 Å². The molecular formula is C12H14ClNO2. The summed E-state index contributed by atoms with van der Waals surface area (Å²) >= 11 is 5.93. The van der Waals surface area contributed by atoms with E-state index in [0.717, 1.165) is 18.0 Å². The van der Waals surface area contributed by atoms with Gasteiger partial charge in [-0.2, -0.15) is 0 Å². The molecule has 0 spiro atoms. The lowest BCUT2D eigenvalue weighted by molar-refractivity contribution is -0.140. The van der Waals surface area contributed by atoms with Crippen molar-refractivity contribution < 1.29 is 9.53 Å². The molecule has 0 unspecified atom stereocenters. The Morgan fingerprint density at radius 1 is 1.56 bits per heavy atom. The van der Waals surface area contributed by atoms with E-state index in [2.05, 4.69) is 9.64 Å². The largest absolute Gasteiger partial charge is 0.469 e. The molecule has 0 fully saturated rings. The van der Waals surface area contributed by atoms with E-state index in [1.807, 2.05) is 18.2 Å². The smallest absolute Gasteiger partial charge is 0.307 e. The number of carbonyl (C=O) groups excluding carboxylic acids is 1. The third-order valence-corrected chi connectivity index (χ3v) is 3.08. The number of esters is 1. The number of anilines is 1. The highest BCUT2D eigenvalue weighted by Crippen LogP contribution is 2.30. The van der Waals surface area contributed by atoms with E-state index in [-0.39, 0.29) is 5.97 Å². The number of nitrogens with zero attached hydrogens (tertiary/aromatic N) is 1. The molecule has 4 heteroatoms. The third-order valence-electron chi connectivity index (χ3n) is 2.85. The highest BCUT2D eigenvalue weighted by atomic mass is 35.5. The van der Waals surface area contributed by atoms with Crippen molar-refractivity contribution in [1.82, 2.24) is 0 Å². The molecule has 0 aliphatic carbocycles. The minimum atomic E-state index is -0.164. The van der Waals surface area contributed by atoms with Crippen molar-refractivity contribution in [2.75, 3.05) is 25.1 Å². The topological polar surface area (TPSA) is 29.5 Å². The van der Waals surface area contributed by atoms with E-state index in [0.29, 0.717) is 13.0 Å². The molecule has 0 saturated carbocycles. The number of hydrogen-bond acceptors (Lipinski definition) is 3. The van der Waals surface area contributed by atoms with Crippen molar-refractivity contribution in [2.45, 2.75) is 12.8 Å². The van der Waals surface area contributed by atoms with Gasteiger partial charge in [-0.05, 0) is 30.2 Å². The van der Waals surface area contributed by atoms with Crippen LogP contribution in [0.15, 0.2) is 18.2 Å². The number of fused-ring (bicyclic) bond motifs is 1. The fourth-order valence-electron chi connectivity index (χ4n) is 2.00. The lowest BCUT2D eigenvalue weighted by atomic mass is 10.2. The maximum absolute atomic E-state index is 11.1. The molecular weight excluding hydrogens is 226 g/mol. The summed E-state index contributed by atoms with van der Waals surface area (Å²) in [6.45, 7) is 1.66. The van der Waals surface area contributed by atoms with Crippen LogP contribution in [0.5, 0.6) is 0 Å². The molecule has 1 aliphatic rings. The van der Waals surface area contributed by atoms with E-state index in [1.165, 1.54) is 18.4 Å². The van der Waals surface area contributed by atoms with E-state index in [4.69, 9.17) is 11.6 Å². The monoisotopic (exact) mass is 239 g/mol. The van der Waals surface area contributed by atoms with Gasteiger partial charge in [0.2, 0.25) is 0 Å². The normalized spacial score (nSPS) is 13.8. The van der Waals surface area contributed by atoms with E-state index >= 15 is 0 Å². The summed E-state index contributed by atoms with van der Waals surface area (Å²) in [6, 6.07) is 5.90. The second-order valence-corrected chi connectivity index (χ2v) is 4.27. The minimum absolute atomic E-state index is 0.164. The van der Waals surface area contributed by atoms with Crippen LogP contribution >= 0.6 is 11.6 Å². The first-order valence-electron chi connectivity index (χ1n) is 5.31. The first kappa shape index (κ1) is 11.3. The summed E-state index contributed by atoms with van der Waals surface area (Å²) in [7, 11) is 1.42. The van der Waals surface area contributed by atoms with Crippen LogP contribution in [0.1, 0.15) is 12.0 Å². The fraction of sp³-hybridized carbons (Fsp3) is 0.417. The van der Waals surface area contributed by atoms with Gasteiger partial charge in [-0.3, -0.25) is 4.79 Å². The Morgan fingerprint density at radius 2 is 2.38 bits per heavy atom. The Labute approximate surface area is 100.0 Å². The molecule has 0 saturated heterocycles. The van der Waals surface area contributed by atoms with Crippen LogP contribution in [0.3, 0.4) is 0 Å². The van der Waals surface area contributed by atoms with Crippen LogP contribution in [0, 0.1) is 0 Å². The molecule has 86 valence electrons. The Morgan fingerprint density at radius 3 is 3.12 bits per heavy atom. The van der Waals surface area contributed by atoms with Gasteiger partial charge in [0.25, 0.3) is 0 Å². The molecule has 1 heterocycles. The first-order valence-corrected chi connectivity index (χ1v) is 5.68. The average molecular weight is 240 g/mol. The first-order chi connectivity index (χ1) is 7.70. The molecule has 3 nitrogen and oxygen atoms in total. The van der Waals surface area contributed by atoms with Crippen molar-refractivity contribution in [3.8, 4) is 0 Å². The molecule has 0 atom stereocenters. The number of ether oxygens (including phenoxy) is 1. The lowest BCUT2D eigenvalue weighted by Crippen LogP contribution is -2.24. The quantitative estimate of drug-likeness (QED) is 0.758. The van der Waals surface area contributed by atoms with E-state index in [9.17, 15) is 4.79 Å².